The van der Waals surface area contributed by atoms with Crippen molar-refractivity contribution in [2.24, 2.45) is 0 Å². The monoisotopic (exact) mass is 289 g/mol. The summed E-state index contributed by atoms with van der Waals surface area (Å²) in [5.41, 5.74) is 1.31. The standard InChI is InChI=1S/C15H19N3O3/c1-10(2)18-15(13(20-3)9-17-18)12(19)7-11-5-6-14(21-4)16-8-11/h5-6,8-10H,7H2,1-4H3. The van der Waals surface area contributed by atoms with Gasteiger partial charge in [0.15, 0.2) is 11.5 Å². The van der Waals surface area contributed by atoms with E-state index in [0.717, 1.165) is 5.56 Å². The van der Waals surface area contributed by atoms with Crippen LogP contribution in [0, 0.1) is 0 Å². The normalized spacial score (nSPS) is 10.7. The first-order chi connectivity index (χ1) is 10.1. The molecule has 6 heteroatoms. The van der Waals surface area contributed by atoms with E-state index in [2.05, 4.69) is 10.1 Å². The fourth-order valence-electron chi connectivity index (χ4n) is 2.06. The van der Waals surface area contributed by atoms with Crippen LogP contribution in [0.5, 0.6) is 11.6 Å². The Balaban J connectivity index is 2.25. The van der Waals surface area contributed by atoms with E-state index in [0.29, 0.717) is 17.3 Å². The molecule has 2 aromatic rings. The Morgan fingerprint density at radius 2 is 2.00 bits per heavy atom. The second-order valence-corrected chi connectivity index (χ2v) is 4.91. The number of nitrogens with zero attached hydrogens (tertiary/aromatic N) is 3. The molecule has 0 spiro atoms. The van der Waals surface area contributed by atoms with Crippen LogP contribution < -0.4 is 9.47 Å². The van der Waals surface area contributed by atoms with Crippen LogP contribution in [0.2, 0.25) is 0 Å². The molecule has 2 heterocycles. The van der Waals surface area contributed by atoms with E-state index < -0.39 is 0 Å². The van der Waals surface area contributed by atoms with Gasteiger partial charge in [0.2, 0.25) is 5.88 Å². The highest BCUT2D eigenvalue weighted by Crippen LogP contribution is 2.23. The van der Waals surface area contributed by atoms with Gasteiger partial charge in [-0.2, -0.15) is 5.10 Å². The van der Waals surface area contributed by atoms with E-state index in [4.69, 9.17) is 9.47 Å². The Hall–Kier alpha value is -2.37. The maximum Gasteiger partial charge on any atom is 0.212 e. The van der Waals surface area contributed by atoms with E-state index in [1.165, 1.54) is 7.11 Å². The van der Waals surface area contributed by atoms with Crippen molar-refractivity contribution >= 4 is 5.78 Å². The third kappa shape index (κ3) is 3.21. The summed E-state index contributed by atoms with van der Waals surface area (Å²) < 4.78 is 11.9. The van der Waals surface area contributed by atoms with Crippen molar-refractivity contribution in [1.82, 2.24) is 14.8 Å². The van der Waals surface area contributed by atoms with E-state index in [1.807, 2.05) is 19.9 Å². The van der Waals surface area contributed by atoms with Crippen LogP contribution in [0.4, 0.5) is 0 Å². The number of hydrogen-bond acceptors (Lipinski definition) is 5. The predicted molar refractivity (Wildman–Crippen MR) is 78.0 cm³/mol. The van der Waals surface area contributed by atoms with E-state index in [9.17, 15) is 4.79 Å². The van der Waals surface area contributed by atoms with Crippen molar-refractivity contribution in [2.75, 3.05) is 14.2 Å². The molecule has 21 heavy (non-hydrogen) atoms. The van der Waals surface area contributed by atoms with E-state index in [1.54, 1.807) is 30.3 Å². The van der Waals surface area contributed by atoms with Crippen molar-refractivity contribution < 1.29 is 14.3 Å². The summed E-state index contributed by atoms with van der Waals surface area (Å²) in [4.78, 5) is 16.6. The quantitative estimate of drug-likeness (QED) is 0.763. The highest BCUT2D eigenvalue weighted by atomic mass is 16.5. The second-order valence-electron chi connectivity index (χ2n) is 4.91. The average Bonchev–Trinajstić information content (AvgIpc) is 2.92. The number of carbonyl (C=O) groups is 1. The molecule has 0 unspecified atom stereocenters. The number of ketones is 1. The Morgan fingerprint density at radius 1 is 1.24 bits per heavy atom. The largest absolute Gasteiger partial charge is 0.493 e. The number of rotatable bonds is 6. The van der Waals surface area contributed by atoms with Crippen molar-refractivity contribution in [1.29, 1.82) is 0 Å². The number of ether oxygens (including phenoxy) is 2. The van der Waals surface area contributed by atoms with Gasteiger partial charge < -0.3 is 9.47 Å². The molecular formula is C15H19N3O3. The van der Waals surface area contributed by atoms with Gasteiger partial charge in [0.05, 0.1) is 20.4 Å². The number of aromatic nitrogens is 3. The van der Waals surface area contributed by atoms with Gasteiger partial charge in [-0.1, -0.05) is 6.07 Å². The molecule has 0 aromatic carbocycles. The van der Waals surface area contributed by atoms with Crippen LogP contribution in [-0.2, 0) is 6.42 Å². The molecule has 0 saturated carbocycles. The van der Waals surface area contributed by atoms with Gasteiger partial charge in [0.1, 0.15) is 5.69 Å². The summed E-state index contributed by atoms with van der Waals surface area (Å²) in [6.07, 6.45) is 3.45. The molecule has 0 fully saturated rings. The summed E-state index contributed by atoms with van der Waals surface area (Å²) >= 11 is 0. The third-order valence-electron chi connectivity index (χ3n) is 3.11. The minimum absolute atomic E-state index is 0.0509. The molecular weight excluding hydrogens is 270 g/mol. The summed E-state index contributed by atoms with van der Waals surface area (Å²) in [6.45, 7) is 3.94. The van der Waals surface area contributed by atoms with E-state index in [-0.39, 0.29) is 18.2 Å². The van der Waals surface area contributed by atoms with Gasteiger partial charge in [-0.15, -0.1) is 0 Å². The molecule has 0 atom stereocenters. The van der Waals surface area contributed by atoms with Gasteiger partial charge in [-0.05, 0) is 19.4 Å². The first-order valence-corrected chi connectivity index (χ1v) is 6.70. The predicted octanol–water partition coefficient (Wildman–Crippen LogP) is 2.30. The topological polar surface area (TPSA) is 66.2 Å². The molecule has 0 aliphatic carbocycles. The average molecular weight is 289 g/mol. The lowest BCUT2D eigenvalue weighted by molar-refractivity contribution is 0.0977. The van der Waals surface area contributed by atoms with Gasteiger partial charge in [-0.25, -0.2) is 4.98 Å². The molecule has 112 valence electrons. The molecule has 0 bridgehead atoms. The van der Waals surface area contributed by atoms with Crippen molar-refractivity contribution in [3.8, 4) is 11.6 Å². The first-order valence-electron chi connectivity index (χ1n) is 6.70. The SMILES string of the molecule is COc1ccc(CC(=O)c2c(OC)cnn2C(C)C)cn1. The number of Topliss-reactive ketones (excluding diaryl/α,β-unsaturated/α-hetero) is 1. The lowest BCUT2D eigenvalue weighted by Crippen LogP contribution is -2.15. The Morgan fingerprint density at radius 3 is 2.52 bits per heavy atom. The lowest BCUT2D eigenvalue weighted by atomic mass is 10.1. The Kier molecular flexibility index (Phi) is 4.57. The zero-order valence-electron chi connectivity index (χ0n) is 12.7. The highest BCUT2D eigenvalue weighted by Gasteiger charge is 2.21. The summed E-state index contributed by atoms with van der Waals surface area (Å²) in [5.74, 6) is 0.969. The summed E-state index contributed by atoms with van der Waals surface area (Å²) in [6, 6.07) is 3.65. The lowest BCUT2D eigenvalue weighted by Gasteiger charge is -2.11. The molecule has 0 aliphatic heterocycles. The molecule has 0 radical (unpaired) electrons. The molecule has 0 N–H and O–H groups in total. The maximum absolute atomic E-state index is 12.5. The molecule has 6 nitrogen and oxygen atoms in total. The fourth-order valence-corrected chi connectivity index (χ4v) is 2.06. The number of pyridine rings is 1. The van der Waals surface area contributed by atoms with Crippen LogP contribution >= 0.6 is 0 Å². The van der Waals surface area contributed by atoms with Crippen LogP contribution in [0.25, 0.3) is 0 Å². The zero-order valence-corrected chi connectivity index (χ0v) is 12.7. The van der Waals surface area contributed by atoms with Gasteiger partial charge in [-0.3, -0.25) is 9.48 Å². The Labute approximate surface area is 123 Å². The smallest absolute Gasteiger partial charge is 0.212 e. The van der Waals surface area contributed by atoms with Gasteiger partial charge >= 0.3 is 0 Å². The summed E-state index contributed by atoms with van der Waals surface area (Å²) in [7, 11) is 3.09. The van der Waals surface area contributed by atoms with Crippen molar-refractivity contribution in [3.63, 3.8) is 0 Å². The first kappa shape index (κ1) is 15.0. The molecule has 0 saturated heterocycles. The minimum atomic E-state index is -0.0509. The molecule has 0 aliphatic rings. The summed E-state index contributed by atoms with van der Waals surface area (Å²) in [5, 5.41) is 4.21. The second kappa shape index (κ2) is 6.39. The molecule has 2 aromatic heterocycles. The van der Waals surface area contributed by atoms with Crippen molar-refractivity contribution in [2.45, 2.75) is 26.3 Å². The third-order valence-corrected chi connectivity index (χ3v) is 3.11. The van der Waals surface area contributed by atoms with Gasteiger partial charge in [0.25, 0.3) is 0 Å². The van der Waals surface area contributed by atoms with Crippen LogP contribution in [0.3, 0.4) is 0 Å². The van der Waals surface area contributed by atoms with E-state index >= 15 is 0 Å². The number of methoxy groups -OCH3 is 2. The van der Waals surface area contributed by atoms with Crippen molar-refractivity contribution in [3.05, 3.63) is 35.8 Å². The fraction of sp³-hybridized carbons (Fsp3) is 0.400. The number of carbonyl (C=O) groups excluding carboxylic acids is 1. The number of hydrogen-bond donors (Lipinski definition) is 0. The molecule has 0 amide bonds. The highest BCUT2D eigenvalue weighted by molar-refractivity contribution is 5.98. The van der Waals surface area contributed by atoms with Crippen LogP contribution in [0.15, 0.2) is 24.5 Å². The van der Waals surface area contributed by atoms with Crippen LogP contribution in [-0.4, -0.2) is 34.8 Å². The molecule has 2 rings (SSSR count). The maximum atomic E-state index is 12.5. The zero-order chi connectivity index (χ0) is 15.4. The minimum Gasteiger partial charge on any atom is -0.493 e. The van der Waals surface area contributed by atoms with Gasteiger partial charge in [0, 0.05) is 24.7 Å². The van der Waals surface area contributed by atoms with Crippen LogP contribution in [0.1, 0.15) is 35.9 Å². The Bertz CT molecular complexity index is 618.